The van der Waals surface area contributed by atoms with E-state index in [1.165, 1.54) is 18.4 Å². The van der Waals surface area contributed by atoms with Crippen LogP contribution in [0.25, 0.3) is 0 Å². The molecule has 0 atom stereocenters. The van der Waals surface area contributed by atoms with Gasteiger partial charge < -0.3 is 10.3 Å². The molecule has 0 bridgehead atoms. The molecule has 92 valence electrons. The fourth-order valence-electron chi connectivity index (χ4n) is 3.08. The number of fused-ring (bicyclic) bond motifs is 1. The maximum absolute atomic E-state index is 11.5. The SMILES string of the molecule is O=c1nc(CC2CCNCC2)c2c([nH]1)CCC2. The summed E-state index contributed by atoms with van der Waals surface area (Å²) < 4.78 is 0. The molecule has 1 aromatic heterocycles. The molecular formula is C13H19N3O. The summed E-state index contributed by atoms with van der Waals surface area (Å²) in [5.41, 5.74) is 3.40. The van der Waals surface area contributed by atoms with Crippen LogP contribution in [0.2, 0.25) is 0 Å². The van der Waals surface area contributed by atoms with Crippen molar-refractivity contribution in [2.24, 2.45) is 5.92 Å². The molecule has 2 heterocycles. The Labute approximate surface area is 101 Å². The van der Waals surface area contributed by atoms with Crippen LogP contribution in [0.5, 0.6) is 0 Å². The van der Waals surface area contributed by atoms with E-state index in [0.29, 0.717) is 5.92 Å². The van der Waals surface area contributed by atoms with Crippen molar-refractivity contribution in [3.8, 4) is 0 Å². The fourth-order valence-corrected chi connectivity index (χ4v) is 3.08. The molecule has 0 aromatic carbocycles. The molecule has 0 radical (unpaired) electrons. The largest absolute Gasteiger partial charge is 0.345 e. The van der Waals surface area contributed by atoms with E-state index in [2.05, 4.69) is 15.3 Å². The summed E-state index contributed by atoms with van der Waals surface area (Å²) in [7, 11) is 0. The standard InChI is InChI=1S/C13H19N3O/c17-13-15-11-3-1-2-10(11)12(16-13)8-9-4-6-14-7-5-9/h9,14H,1-8H2,(H,15,16,17). The minimum absolute atomic E-state index is 0.158. The first-order chi connectivity index (χ1) is 8.33. The summed E-state index contributed by atoms with van der Waals surface area (Å²) >= 11 is 0. The Kier molecular flexibility index (Phi) is 2.97. The Morgan fingerprint density at radius 3 is 2.88 bits per heavy atom. The maximum Gasteiger partial charge on any atom is 0.345 e. The number of H-pyrrole nitrogens is 1. The van der Waals surface area contributed by atoms with Crippen molar-refractivity contribution in [3.63, 3.8) is 0 Å². The second-order valence-electron chi connectivity index (χ2n) is 5.20. The van der Waals surface area contributed by atoms with Crippen molar-refractivity contribution in [3.05, 3.63) is 27.4 Å². The van der Waals surface area contributed by atoms with Crippen LogP contribution in [0.1, 0.15) is 36.2 Å². The van der Waals surface area contributed by atoms with E-state index < -0.39 is 0 Å². The molecule has 1 aliphatic carbocycles. The van der Waals surface area contributed by atoms with E-state index in [9.17, 15) is 4.79 Å². The first-order valence-corrected chi connectivity index (χ1v) is 6.64. The van der Waals surface area contributed by atoms with Gasteiger partial charge in [-0.2, -0.15) is 4.98 Å². The maximum atomic E-state index is 11.5. The van der Waals surface area contributed by atoms with Crippen molar-refractivity contribution < 1.29 is 0 Å². The molecule has 4 heteroatoms. The van der Waals surface area contributed by atoms with E-state index in [-0.39, 0.29) is 5.69 Å². The molecule has 2 N–H and O–H groups in total. The van der Waals surface area contributed by atoms with Gasteiger partial charge >= 0.3 is 5.69 Å². The molecule has 0 spiro atoms. The highest BCUT2D eigenvalue weighted by atomic mass is 16.1. The molecule has 1 aliphatic heterocycles. The van der Waals surface area contributed by atoms with Crippen LogP contribution in [-0.2, 0) is 19.3 Å². The molecule has 0 saturated carbocycles. The Morgan fingerprint density at radius 1 is 1.24 bits per heavy atom. The number of nitrogens with one attached hydrogen (secondary N) is 2. The van der Waals surface area contributed by atoms with Crippen molar-refractivity contribution >= 4 is 0 Å². The number of aromatic amines is 1. The summed E-state index contributed by atoms with van der Waals surface area (Å²) in [6, 6.07) is 0. The van der Waals surface area contributed by atoms with Crippen LogP contribution < -0.4 is 11.0 Å². The third kappa shape index (κ3) is 2.27. The average Bonchev–Trinajstić information content (AvgIpc) is 2.78. The number of hydrogen-bond acceptors (Lipinski definition) is 3. The second kappa shape index (κ2) is 4.61. The monoisotopic (exact) mass is 233 g/mol. The van der Waals surface area contributed by atoms with Crippen LogP contribution in [0.3, 0.4) is 0 Å². The molecule has 1 saturated heterocycles. The lowest BCUT2D eigenvalue weighted by atomic mass is 9.91. The first kappa shape index (κ1) is 11.0. The van der Waals surface area contributed by atoms with Gasteiger partial charge in [0.15, 0.2) is 0 Å². The minimum atomic E-state index is -0.158. The highest BCUT2D eigenvalue weighted by Gasteiger charge is 2.21. The highest BCUT2D eigenvalue weighted by molar-refractivity contribution is 5.29. The van der Waals surface area contributed by atoms with Gasteiger partial charge in [-0.05, 0) is 63.1 Å². The average molecular weight is 233 g/mol. The van der Waals surface area contributed by atoms with Crippen LogP contribution in [-0.4, -0.2) is 23.1 Å². The topological polar surface area (TPSA) is 57.8 Å². The quantitative estimate of drug-likeness (QED) is 0.794. The van der Waals surface area contributed by atoms with E-state index in [1.54, 1.807) is 0 Å². The third-order valence-corrected chi connectivity index (χ3v) is 4.00. The van der Waals surface area contributed by atoms with E-state index in [1.807, 2.05) is 0 Å². The molecule has 1 fully saturated rings. The number of hydrogen-bond donors (Lipinski definition) is 2. The van der Waals surface area contributed by atoms with Gasteiger partial charge in [0.2, 0.25) is 0 Å². The van der Waals surface area contributed by atoms with E-state index >= 15 is 0 Å². The summed E-state index contributed by atoms with van der Waals surface area (Å²) in [6.45, 7) is 2.21. The zero-order valence-corrected chi connectivity index (χ0v) is 10.1. The van der Waals surface area contributed by atoms with Gasteiger partial charge in [0.25, 0.3) is 0 Å². The molecule has 3 rings (SSSR count). The lowest BCUT2D eigenvalue weighted by Gasteiger charge is -2.22. The van der Waals surface area contributed by atoms with Crippen LogP contribution >= 0.6 is 0 Å². The highest BCUT2D eigenvalue weighted by Crippen LogP contribution is 2.25. The Hall–Kier alpha value is -1.16. The second-order valence-corrected chi connectivity index (χ2v) is 5.20. The van der Waals surface area contributed by atoms with Crippen molar-refractivity contribution in [2.75, 3.05) is 13.1 Å². The number of aromatic nitrogens is 2. The molecule has 17 heavy (non-hydrogen) atoms. The third-order valence-electron chi connectivity index (χ3n) is 4.00. The lowest BCUT2D eigenvalue weighted by Crippen LogP contribution is -2.29. The van der Waals surface area contributed by atoms with Gasteiger partial charge in [0, 0.05) is 5.69 Å². The molecule has 2 aliphatic rings. The van der Waals surface area contributed by atoms with Gasteiger partial charge in [0.05, 0.1) is 5.69 Å². The summed E-state index contributed by atoms with van der Waals surface area (Å²) in [5.74, 6) is 0.704. The molecule has 0 amide bonds. The summed E-state index contributed by atoms with van der Waals surface area (Å²) in [5, 5.41) is 3.38. The normalized spacial score (nSPS) is 20.5. The molecule has 0 unspecified atom stereocenters. The van der Waals surface area contributed by atoms with Crippen molar-refractivity contribution in [2.45, 2.75) is 38.5 Å². The Bertz CT molecular complexity index is 460. The Balaban J connectivity index is 1.84. The van der Waals surface area contributed by atoms with Crippen LogP contribution in [0.15, 0.2) is 4.79 Å². The number of piperidine rings is 1. The van der Waals surface area contributed by atoms with Gasteiger partial charge in [-0.15, -0.1) is 0 Å². The summed E-state index contributed by atoms with van der Waals surface area (Å²) in [4.78, 5) is 18.6. The minimum Gasteiger partial charge on any atom is -0.317 e. The van der Waals surface area contributed by atoms with Crippen LogP contribution in [0.4, 0.5) is 0 Å². The first-order valence-electron chi connectivity index (χ1n) is 6.64. The predicted octanol–water partition coefficient (Wildman–Crippen LogP) is 0.801. The van der Waals surface area contributed by atoms with Gasteiger partial charge in [-0.1, -0.05) is 0 Å². The van der Waals surface area contributed by atoms with Gasteiger partial charge in [-0.25, -0.2) is 4.79 Å². The smallest absolute Gasteiger partial charge is 0.317 e. The number of rotatable bonds is 2. The predicted molar refractivity (Wildman–Crippen MR) is 66.2 cm³/mol. The van der Waals surface area contributed by atoms with Crippen LogP contribution in [0, 0.1) is 5.92 Å². The lowest BCUT2D eigenvalue weighted by molar-refractivity contribution is 0.369. The van der Waals surface area contributed by atoms with E-state index in [0.717, 1.165) is 50.2 Å². The van der Waals surface area contributed by atoms with Crippen molar-refractivity contribution in [1.29, 1.82) is 0 Å². The van der Waals surface area contributed by atoms with Gasteiger partial charge in [0.1, 0.15) is 0 Å². The summed E-state index contributed by atoms with van der Waals surface area (Å²) in [6.07, 6.45) is 6.70. The molecular weight excluding hydrogens is 214 g/mol. The number of aryl methyl sites for hydroxylation is 1. The van der Waals surface area contributed by atoms with Gasteiger partial charge in [-0.3, -0.25) is 0 Å². The molecule has 1 aromatic rings. The number of nitrogens with zero attached hydrogens (tertiary/aromatic N) is 1. The van der Waals surface area contributed by atoms with Crippen molar-refractivity contribution in [1.82, 2.24) is 15.3 Å². The zero-order valence-electron chi connectivity index (χ0n) is 10.1. The Morgan fingerprint density at radius 2 is 2.06 bits per heavy atom. The molecule has 4 nitrogen and oxygen atoms in total. The zero-order chi connectivity index (χ0) is 11.7. The van der Waals surface area contributed by atoms with E-state index in [4.69, 9.17) is 0 Å². The fraction of sp³-hybridized carbons (Fsp3) is 0.692.